The van der Waals surface area contributed by atoms with Gasteiger partial charge in [0.1, 0.15) is 0 Å². The molecular weight excluding hydrogens is 488 g/mol. The van der Waals surface area contributed by atoms with E-state index in [9.17, 15) is 14.7 Å². The number of carbonyl (C=O) groups is 1. The zero-order valence-corrected chi connectivity index (χ0v) is 20.5. The topological polar surface area (TPSA) is 100 Å². The van der Waals surface area contributed by atoms with Crippen LogP contribution < -0.4 is 5.56 Å². The maximum absolute atomic E-state index is 13.6. The summed E-state index contributed by atoms with van der Waals surface area (Å²) < 4.78 is 1.40. The number of H-pyrrole nitrogens is 1. The van der Waals surface area contributed by atoms with Gasteiger partial charge in [0.15, 0.2) is 0 Å². The van der Waals surface area contributed by atoms with Crippen LogP contribution in [0.25, 0.3) is 28.2 Å². The number of carboxylic acid groups (broad SMARTS) is 1. The summed E-state index contributed by atoms with van der Waals surface area (Å²) in [6, 6.07) is 24.9. The van der Waals surface area contributed by atoms with Crippen molar-refractivity contribution in [1.82, 2.24) is 14.8 Å². The third-order valence-electron chi connectivity index (χ3n) is 5.82. The molecule has 0 atom stereocenters. The second-order valence-corrected chi connectivity index (χ2v) is 8.84. The van der Waals surface area contributed by atoms with Crippen molar-refractivity contribution in [2.45, 2.75) is 6.92 Å². The van der Waals surface area contributed by atoms with E-state index in [0.717, 1.165) is 11.1 Å². The SMILES string of the molecule is Cc1cccc(-c2[nH]n(-c3cccc(Cl)c3)c(=O)c2C=Nc2cc(-c3ccccn3)ccc2C(=O)O)c1. The molecule has 0 aliphatic rings. The lowest BCUT2D eigenvalue weighted by Crippen LogP contribution is -2.17. The molecule has 2 N–H and O–H groups in total. The average Bonchev–Trinajstić information content (AvgIpc) is 3.23. The van der Waals surface area contributed by atoms with Crippen LogP contribution >= 0.6 is 11.6 Å². The number of aromatic amines is 1. The Morgan fingerprint density at radius 2 is 1.84 bits per heavy atom. The normalized spacial score (nSPS) is 11.2. The summed E-state index contributed by atoms with van der Waals surface area (Å²) in [7, 11) is 0. The fraction of sp³-hybridized carbons (Fsp3) is 0.0345. The molecule has 2 heterocycles. The van der Waals surface area contributed by atoms with E-state index in [1.165, 1.54) is 17.0 Å². The number of aromatic nitrogens is 3. The van der Waals surface area contributed by atoms with E-state index >= 15 is 0 Å². The second kappa shape index (κ2) is 10.1. The van der Waals surface area contributed by atoms with Crippen molar-refractivity contribution in [2.24, 2.45) is 4.99 Å². The second-order valence-electron chi connectivity index (χ2n) is 8.40. The number of aromatic carboxylic acids is 1. The largest absolute Gasteiger partial charge is 0.478 e. The Labute approximate surface area is 217 Å². The first kappa shape index (κ1) is 24.0. The van der Waals surface area contributed by atoms with Crippen molar-refractivity contribution in [3.05, 3.63) is 123 Å². The van der Waals surface area contributed by atoms with Crippen molar-refractivity contribution < 1.29 is 9.90 Å². The van der Waals surface area contributed by atoms with Gasteiger partial charge in [-0.25, -0.2) is 9.48 Å². The molecule has 7 nitrogen and oxygen atoms in total. The summed E-state index contributed by atoms with van der Waals surface area (Å²) in [5.41, 5.74) is 4.48. The lowest BCUT2D eigenvalue weighted by molar-refractivity contribution is 0.0698. The first-order valence-electron chi connectivity index (χ1n) is 11.4. The number of halogens is 1. The zero-order valence-electron chi connectivity index (χ0n) is 19.7. The molecule has 0 fully saturated rings. The van der Waals surface area contributed by atoms with Crippen LogP contribution in [0.1, 0.15) is 21.5 Å². The molecule has 0 amide bonds. The van der Waals surface area contributed by atoms with Gasteiger partial charge in [-0.1, -0.05) is 53.6 Å². The molecule has 0 aliphatic heterocycles. The minimum absolute atomic E-state index is 0.0127. The Morgan fingerprint density at radius 3 is 2.57 bits per heavy atom. The van der Waals surface area contributed by atoms with E-state index in [1.807, 2.05) is 43.3 Å². The van der Waals surface area contributed by atoms with E-state index in [-0.39, 0.29) is 22.4 Å². The van der Waals surface area contributed by atoms with Crippen LogP contribution in [-0.2, 0) is 0 Å². The highest BCUT2D eigenvalue weighted by Gasteiger charge is 2.17. The number of pyridine rings is 1. The van der Waals surface area contributed by atoms with Gasteiger partial charge in [0.2, 0.25) is 0 Å². The number of benzene rings is 3. The van der Waals surface area contributed by atoms with E-state index in [2.05, 4.69) is 15.1 Å². The highest BCUT2D eigenvalue weighted by molar-refractivity contribution is 6.30. The minimum Gasteiger partial charge on any atom is -0.478 e. The van der Waals surface area contributed by atoms with Crippen molar-refractivity contribution in [2.75, 3.05) is 0 Å². The van der Waals surface area contributed by atoms with Crippen molar-refractivity contribution >= 4 is 29.5 Å². The summed E-state index contributed by atoms with van der Waals surface area (Å²) in [4.78, 5) is 34.3. The molecule has 0 saturated heterocycles. The van der Waals surface area contributed by atoms with E-state index < -0.39 is 5.97 Å². The molecule has 182 valence electrons. The standard InChI is InChI=1S/C29H21ClN4O3/c1-18-6-4-7-20(14-18)27-24(28(35)34(33-27)22-9-5-8-21(30)16-22)17-32-26-15-19(11-12-23(26)29(36)37)25-10-2-3-13-31-25/h2-17,33H,1H3,(H,36,37). The van der Waals surface area contributed by atoms with Gasteiger partial charge in [0.25, 0.3) is 5.56 Å². The van der Waals surface area contributed by atoms with Crippen molar-refractivity contribution in [3.8, 4) is 28.2 Å². The average molecular weight is 509 g/mol. The van der Waals surface area contributed by atoms with Gasteiger partial charge in [0, 0.05) is 28.6 Å². The Balaban J connectivity index is 1.67. The molecule has 0 saturated carbocycles. The Morgan fingerprint density at radius 1 is 1.00 bits per heavy atom. The van der Waals surface area contributed by atoms with Crippen LogP contribution in [0.5, 0.6) is 0 Å². The van der Waals surface area contributed by atoms with Gasteiger partial charge in [0.05, 0.1) is 33.9 Å². The molecule has 8 heteroatoms. The monoisotopic (exact) mass is 508 g/mol. The van der Waals surface area contributed by atoms with Crippen LogP contribution in [0, 0.1) is 6.92 Å². The van der Waals surface area contributed by atoms with Gasteiger partial charge in [-0.2, -0.15) is 0 Å². The predicted octanol–water partition coefficient (Wildman–Crippen LogP) is 6.31. The van der Waals surface area contributed by atoms with Crippen molar-refractivity contribution in [1.29, 1.82) is 0 Å². The maximum Gasteiger partial charge on any atom is 0.337 e. The molecular formula is C29H21ClN4O3. The zero-order chi connectivity index (χ0) is 25.9. The summed E-state index contributed by atoms with van der Waals surface area (Å²) in [6.45, 7) is 1.96. The highest BCUT2D eigenvalue weighted by atomic mass is 35.5. The Bertz CT molecular complexity index is 1700. The number of rotatable bonds is 6. The molecule has 0 aliphatic carbocycles. The van der Waals surface area contributed by atoms with Crippen LogP contribution in [-0.4, -0.2) is 32.1 Å². The molecule has 0 spiro atoms. The van der Waals surface area contributed by atoms with Crippen molar-refractivity contribution in [3.63, 3.8) is 0 Å². The van der Waals surface area contributed by atoms with E-state index in [1.54, 1.807) is 48.7 Å². The minimum atomic E-state index is -1.12. The molecule has 0 bridgehead atoms. The quantitative estimate of drug-likeness (QED) is 0.263. The Kier molecular flexibility index (Phi) is 6.53. The van der Waals surface area contributed by atoms with Crippen LogP contribution in [0.2, 0.25) is 5.02 Å². The lowest BCUT2D eigenvalue weighted by Gasteiger charge is -2.05. The van der Waals surface area contributed by atoms with Crippen LogP contribution in [0.4, 0.5) is 5.69 Å². The third kappa shape index (κ3) is 4.98. The lowest BCUT2D eigenvalue weighted by atomic mass is 10.1. The number of nitrogens with one attached hydrogen (secondary N) is 1. The van der Waals surface area contributed by atoms with Gasteiger partial charge in [-0.3, -0.25) is 19.9 Å². The molecule has 0 radical (unpaired) electrons. The summed E-state index contributed by atoms with van der Waals surface area (Å²) in [6.07, 6.45) is 3.07. The Hall–Kier alpha value is -4.75. The van der Waals surface area contributed by atoms with Gasteiger partial charge < -0.3 is 5.11 Å². The fourth-order valence-electron chi connectivity index (χ4n) is 4.03. The fourth-order valence-corrected chi connectivity index (χ4v) is 4.22. The number of hydrogen-bond acceptors (Lipinski definition) is 4. The third-order valence-corrected chi connectivity index (χ3v) is 6.06. The first-order chi connectivity index (χ1) is 17.9. The summed E-state index contributed by atoms with van der Waals surface area (Å²) in [5.74, 6) is -1.12. The maximum atomic E-state index is 13.6. The van der Waals surface area contributed by atoms with E-state index in [4.69, 9.17) is 11.6 Å². The first-order valence-corrected chi connectivity index (χ1v) is 11.8. The molecule has 0 unspecified atom stereocenters. The molecule has 5 aromatic rings. The molecule has 2 aromatic heterocycles. The van der Waals surface area contributed by atoms with Gasteiger partial charge >= 0.3 is 5.97 Å². The van der Waals surface area contributed by atoms with Crippen LogP contribution in [0.3, 0.4) is 0 Å². The number of aliphatic imine (C=N–C) groups is 1. The number of aryl methyl sites for hydroxylation is 1. The van der Waals surface area contributed by atoms with Gasteiger partial charge in [-0.05, 0) is 55.5 Å². The highest BCUT2D eigenvalue weighted by Crippen LogP contribution is 2.28. The molecule has 5 rings (SSSR count). The summed E-state index contributed by atoms with van der Waals surface area (Å²) >= 11 is 6.17. The number of nitrogens with zero attached hydrogens (tertiary/aromatic N) is 3. The summed E-state index contributed by atoms with van der Waals surface area (Å²) in [5, 5.41) is 13.4. The molecule has 3 aromatic carbocycles. The van der Waals surface area contributed by atoms with Crippen LogP contribution in [0.15, 0.2) is 101 Å². The predicted molar refractivity (Wildman–Crippen MR) is 145 cm³/mol. The van der Waals surface area contributed by atoms with Gasteiger partial charge in [-0.15, -0.1) is 0 Å². The smallest absolute Gasteiger partial charge is 0.337 e. The van der Waals surface area contributed by atoms with E-state index in [0.29, 0.717) is 27.7 Å². The number of carboxylic acids is 1. The molecule has 37 heavy (non-hydrogen) atoms. The number of hydrogen-bond donors (Lipinski definition) is 2.